The fourth-order valence-corrected chi connectivity index (χ4v) is 2.90. The van der Waals surface area contributed by atoms with Crippen molar-refractivity contribution in [2.24, 2.45) is 7.05 Å². The average Bonchev–Trinajstić information content (AvgIpc) is 2.95. The normalized spacial score (nSPS) is 11.1. The topological polar surface area (TPSA) is 46.9 Å². The van der Waals surface area contributed by atoms with E-state index in [1.54, 1.807) is 17.8 Å². The zero-order chi connectivity index (χ0) is 18.7. The molecule has 0 bridgehead atoms. The maximum Gasteiger partial charge on any atom is 0.273 e. The van der Waals surface area contributed by atoms with Gasteiger partial charge in [-0.1, -0.05) is 42.5 Å². The van der Waals surface area contributed by atoms with Crippen LogP contribution in [0.1, 0.15) is 38.4 Å². The summed E-state index contributed by atoms with van der Waals surface area (Å²) in [6.07, 6.45) is 4.20. The molecule has 0 aliphatic rings. The number of aryl methyl sites for hydroxylation is 4. The van der Waals surface area contributed by atoms with Crippen molar-refractivity contribution in [2.75, 3.05) is 5.32 Å². The molecule has 0 aliphatic carbocycles. The lowest BCUT2D eigenvalue weighted by Crippen LogP contribution is -2.16. The van der Waals surface area contributed by atoms with Crippen LogP contribution in [0.2, 0.25) is 0 Å². The van der Waals surface area contributed by atoms with E-state index in [1.165, 1.54) is 11.1 Å². The van der Waals surface area contributed by atoms with Crippen molar-refractivity contribution >= 4 is 23.7 Å². The number of nitrogens with zero attached hydrogens (tertiary/aromatic N) is 2. The van der Waals surface area contributed by atoms with Gasteiger partial charge in [-0.05, 0) is 61.2 Å². The minimum atomic E-state index is -0.153. The van der Waals surface area contributed by atoms with E-state index in [9.17, 15) is 4.79 Å². The second-order valence-electron chi connectivity index (χ2n) is 6.51. The third-order valence-electron chi connectivity index (χ3n) is 4.38. The van der Waals surface area contributed by atoms with Crippen molar-refractivity contribution in [2.45, 2.75) is 20.8 Å². The first kappa shape index (κ1) is 17.7. The average molecular weight is 345 g/mol. The molecule has 4 nitrogen and oxygen atoms in total. The quantitative estimate of drug-likeness (QED) is 0.693. The summed E-state index contributed by atoms with van der Waals surface area (Å²) in [5.41, 5.74) is 6.74. The standard InChI is InChI=1S/C22H23N3O/c1-15-7-5-6-8-19(15)11-9-18-10-12-20(16(2)13-18)23-22(26)21-14-17(3)24-25(21)4/h5-14H,1-4H3,(H,23,26)/b11-9+. The predicted molar refractivity (Wildman–Crippen MR) is 107 cm³/mol. The van der Waals surface area contributed by atoms with Crippen molar-refractivity contribution in [1.82, 2.24) is 9.78 Å². The van der Waals surface area contributed by atoms with Gasteiger partial charge < -0.3 is 5.32 Å². The van der Waals surface area contributed by atoms with Gasteiger partial charge in [0.1, 0.15) is 5.69 Å². The van der Waals surface area contributed by atoms with Gasteiger partial charge in [-0.25, -0.2) is 0 Å². The van der Waals surface area contributed by atoms with Crippen LogP contribution in [0.25, 0.3) is 12.2 Å². The van der Waals surface area contributed by atoms with Gasteiger partial charge in [-0.15, -0.1) is 0 Å². The Morgan fingerprint density at radius 1 is 1.00 bits per heavy atom. The minimum Gasteiger partial charge on any atom is -0.320 e. The first-order valence-electron chi connectivity index (χ1n) is 8.60. The van der Waals surface area contributed by atoms with E-state index >= 15 is 0 Å². The Kier molecular flexibility index (Phi) is 5.03. The van der Waals surface area contributed by atoms with Crippen LogP contribution in [0, 0.1) is 20.8 Å². The summed E-state index contributed by atoms with van der Waals surface area (Å²) in [5, 5.41) is 7.18. The highest BCUT2D eigenvalue weighted by molar-refractivity contribution is 6.03. The second-order valence-corrected chi connectivity index (χ2v) is 6.51. The molecule has 0 spiro atoms. The number of hydrogen-bond donors (Lipinski definition) is 1. The lowest BCUT2D eigenvalue weighted by atomic mass is 10.1. The Bertz CT molecular complexity index is 983. The van der Waals surface area contributed by atoms with Crippen molar-refractivity contribution in [1.29, 1.82) is 0 Å². The van der Waals surface area contributed by atoms with Gasteiger partial charge in [-0.2, -0.15) is 5.10 Å². The van der Waals surface area contributed by atoms with E-state index in [4.69, 9.17) is 0 Å². The van der Waals surface area contributed by atoms with E-state index in [0.717, 1.165) is 22.5 Å². The highest BCUT2D eigenvalue weighted by Gasteiger charge is 2.12. The highest BCUT2D eigenvalue weighted by atomic mass is 16.2. The molecule has 0 aliphatic heterocycles. The zero-order valence-electron chi connectivity index (χ0n) is 15.6. The summed E-state index contributed by atoms with van der Waals surface area (Å²) >= 11 is 0. The summed E-state index contributed by atoms with van der Waals surface area (Å²) in [7, 11) is 1.77. The molecule has 0 radical (unpaired) electrons. The van der Waals surface area contributed by atoms with Crippen molar-refractivity contribution in [3.8, 4) is 0 Å². The predicted octanol–water partition coefficient (Wildman–Crippen LogP) is 4.77. The summed E-state index contributed by atoms with van der Waals surface area (Å²) in [4.78, 5) is 12.4. The van der Waals surface area contributed by atoms with E-state index in [2.05, 4.69) is 47.7 Å². The van der Waals surface area contributed by atoms with Crippen molar-refractivity contribution in [3.05, 3.63) is 82.2 Å². The molecule has 1 N–H and O–H groups in total. The van der Waals surface area contributed by atoms with Crippen LogP contribution in [-0.2, 0) is 7.05 Å². The molecule has 4 heteroatoms. The van der Waals surface area contributed by atoms with E-state index in [-0.39, 0.29) is 5.91 Å². The first-order valence-corrected chi connectivity index (χ1v) is 8.60. The molecular formula is C22H23N3O. The van der Waals surface area contributed by atoms with Crippen LogP contribution in [-0.4, -0.2) is 15.7 Å². The van der Waals surface area contributed by atoms with Gasteiger partial charge in [0.05, 0.1) is 5.69 Å². The van der Waals surface area contributed by atoms with Crippen molar-refractivity contribution in [3.63, 3.8) is 0 Å². The molecule has 1 aromatic heterocycles. The largest absolute Gasteiger partial charge is 0.320 e. The number of carbonyl (C=O) groups excluding carboxylic acids is 1. The Morgan fingerprint density at radius 3 is 2.42 bits per heavy atom. The Morgan fingerprint density at radius 2 is 1.77 bits per heavy atom. The zero-order valence-corrected chi connectivity index (χ0v) is 15.6. The number of benzene rings is 2. The molecular weight excluding hydrogens is 322 g/mol. The lowest BCUT2D eigenvalue weighted by molar-refractivity contribution is 0.101. The molecule has 1 amide bonds. The third-order valence-corrected chi connectivity index (χ3v) is 4.38. The third kappa shape index (κ3) is 3.91. The lowest BCUT2D eigenvalue weighted by Gasteiger charge is -2.09. The monoisotopic (exact) mass is 345 g/mol. The maximum atomic E-state index is 12.4. The van der Waals surface area contributed by atoms with Gasteiger partial charge in [0.25, 0.3) is 5.91 Å². The SMILES string of the molecule is Cc1cc(C(=O)Nc2ccc(/C=C/c3ccccc3C)cc2C)n(C)n1. The van der Waals surface area contributed by atoms with Gasteiger partial charge in [0.15, 0.2) is 0 Å². The molecule has 0 atom stereocenters. The second kappa shape index (κ2) is 7.40. The Hall–Kier alpha value is -3.14. The Labute approximate surface area is 154 Å². The molecule has 0 fully saturated rings. The number of amides is 1. The fraction of sp³-hybridized carbons (Fsp3) is 0.182. The molecule has 3 rings (SSSR count). The number of carbonyl (C=O) groups is 1. The maximum absolute atomic E-state index is 12.4. The van der Waals surface area contributed by atoms with E-state index in [0.29, 0.717) is 5.69 Å². The van der Waals surface area contributed by atoms with Crippen LogP contribution >= 0.6 is 0 Å². The van der Waals surface area contributed by atoms with Crippen LogP contribution in [0.3, 0.4) is 0 Å². The van der Waals surface area contributed by atoms with Crippen LogP contribution < -0.4 is 5.32 Å². The smallest absolute Gasteiger partial charge is 0.273 e. The van der Waals surface area contributed by atoms with Crippen LogP contribution in [0.4, 0.5) is 5.69 Å². The first-order chi connectivity index (χ1) is 12.4. The van der Waals surface area contributed by atoms with E-state index in [1.807, 2.05) is 38.1 Å². The molecule has 0 unspecified atom stereocenters. The van der Waals surface area contributed by atoms with Crippen molar-refractivity contribution < 1.29 is 4.79 Å². The number of rotatable bonds is 4. The minimum absolute atomic E-state index is 0.153. The van der Waals surface area contributed by atoms with Crippen LogP contribution in [0.5, 0.6) is 0 Å². The molecule has 0 saturated carbocycles. The van der Waals surface area contributed by atoms with Gasteiger partial charge >= 0.3 is 0 Å². The molecule has 26 heavy (non-hydrogen) atoms. The molecule has 132 valence electrons. The summed E-state index contributed by atoms with van der Waals surface area (Å²) in [5.74, 6) is -0.153. The van der Waals surface area contributed by atoms with E-state index < -0.39 is 0 Å². The van der Waals surface area contributed by atoms with Crippen LogP contribution in [0.15, 0.2) is 48.5 Å². The van der Waals surface area contributed by atoms with Gasteiger partial charge in [-0.3, -0.25) is 9.48 Å². The summed E-state index contributed by atoms with van der Waals surface area (Å²) in [6, 6.07) is 16.1. The fourth-order valence-electron chi connectivity index (χ4n) is 2.90. The number of nitrogens with one attached hydrogen (secondary N) is 1. The summed E-state index contributed by atoms with van der Waals surface area (Å²) < 4.78 is 1.60. The number of anilines is 1. The molecule has 0 saturated heterocycles. The molecule has 3 aromatic rings. The van der Waals surface area contributed by atoms with Gasteiger partial charge in [0, 0.05) is 12.7 Å². The van der Waals surface area contributed by atoms with Gasteiger partial charge in [0.2, 0.25) is 0 Å². The molecule has 1 heterocycles. The number of aromatic nitrogens is 2. The Balaban J connectivity index is 1.76. The summed E-state index contributed by atoms with van der Waals surface area (Å²) in [6.45, 7) is 5.97. The number of hydrogen-bond acceptors (Lipinski definition) is 2. The molecule has 2 aromatic carbocycles. The highest BCUT2D eigenvalue weighted by Crippen LogP contribution is 2.20.